The van der Waals surface area contributed by atoms with E-state index in [0.717, 1.165) is 11.3 Å². The van der Waals surface area contributed by atoms with E-state index < -0.39 is 17.9 Å². The van der Waals surface area contributed by atoms with Gasteiger partial charge in [-0.25, -0.2) is 0 Å². The molecule has 0 atom stereocenters. The van der Waals surface area contributed by atoms with E-state index in [1.807, 2.05) is 12.1 Å². The van der Waals surface area contributed by atoms with E-state index in [1.54, 1.807) is 33.1 Å². The summed E-state index contributed by atoms with van der Waals surface area (Å²) in [5.41, 5.74) is 0.844. The normalized spacial score (nSPS) is 10.2. The second-order valence-electron chi connectivity index (χ2n) is 4.11. The summed E-state index contributed by atoms with van der Waals surface area (Å²) in [6.07, 6.45) is 0.252. The van der Waals surface area contributed by atoms with Gasteiger partial charge in [0.2, 0.25) is 0 Å². The van der Waals surface area contributed by atoms with E-state index in [-0.39, 0.29) is 19.6 Å². The van der Waals surface area contributed by atoms with E-state index >= 15 is 0 Å². The average Bonchev–Trinajstić information content (AvgIpc) is 2.45. The first-order chi connectivity index (χ1) is 9.62. The number of hydrogen-bond acceptors (Lipinski definition) is 5. The Labute approximate surface area is 118 Å². The molecule has 0 aliphatic rings. The van der Waals surface area contributed by atoms with Crippen molar-refractivity contribution in [1.29, 1.82) is 0 Å². The average molecular weight is 280 g/mol. The summed E-state index contributed by atoms with van der Waals surface area (Å²) in [5, 5.41) is 0. The standard InChI is InChI=1S/C15H20O5/c1-4-19-14(16)13(15(17)20-5-2)10-11-6-8-12(18-3)9-7-11/h6-9,13H,4-5,10H2,1-3H3. The minimum atomic E-state index is -0.928. The lowest BCUT2D eigenvalue weighted by Gasteiger charge is -2.14. The van der Waals surface area contributed by atoms with Crippen molar-refractivity contribution in [2.24, 2.45) is 5.92 Å². The van der Waals surface area contributed by atoms with Crippen LogP contribution in [0.1, 0.15) is 19.4 Å². The Hall–Kier alpha value is -2.04. The van der Waals surface area contributed by atoms with E-state index in [9.17, 15) is 9.59 Å². The molecule has 110 valence electrons. The van der Waals surface area contributed by atoms with Crippen molar-refractivity contribution in [2.45, 2.75) is 20.3 Å². The Kier molecular flexibility index (Phi) is 6.56. The van der Waals surface area contributed by atoms with Gasteiger partial charge in [-0.2, -0.15) is 0 Å². The maximum atomic E-state index is 11.8. The smallest absolute Gasteiger partial charge is 0.320 e. The summed E-state index contributed by atoms with van der Waals surface area (Å²) in [5.74, 6) is -1.32. The molecule has 0 fully saturated rings. The van der Waals surface area contributed by atoms with Gasteiger partial charge in [-0.05, 0) is 38.0 Å². The van der Waals surface area contributed by atoms with Gasteiger partial charge >= 0.3 is 11.9 Å². The van der Waals surface area contributed by atoms with Gasteiger partial charge in [-0.3, -0.25) is 9.59 Å². The van der Waals surface area contributed by atoms with Gasteiger partial charge in [-0.1, -0.05) is 12.1 Å². The first kappa shape index (κ1) is 16.0. The minimum Gasteiger partial charge on any atom is -0.497 e. The molecule has 1 aromatic rings. The van der Waals surface area contributed by atoms with Crippen LogP contribution < -0.4 is 4.74 Å². The lowest BCUT2D eigenvalue weighted by molar-refractivity contribution is -0.161. The Morgan fingerprint density at radius 1 is 1.00 bits per heavy atom. The highest BCUT2D eigenvalue weighted by Crippen LogP contribution is 2.16. The Morgan fingerprint density at radius 3 is 1.90 bits per heavy atom. The molecule has 5 heteroatoms. The molecule has 0 saturated carbocycles. The molecule has 0 aromatic heterocycles. The van der Waals surface area contributed by atoms with Crippen LogP contribution in [0.25, 0.3) is 0 Å². The zero-order chi connectivity index (χ0) is 15.0. The molecule has 1 aromatic carbocycles. The molecule has 20 heavy (non-hydrogen) atoms. The van der Waals surface area contributed by atoms with Gasteiger partial charge in [0, 0.05) is 0 Å². The van der Waals surface area contributed by atoms with Crippen molar-refractivity contribution in [3.8, 4) is 5.75 Å². The van der Waals surface area contributed by atoms with Crippen LogP contribution in [-0.4, -0.2) is 32.3 Å². The summed E-state index contributed by atoms with van der Waals surface area (Å²) in [4.78, 5) is 23.7. The number of esters is 2. The Morgan fingerprint density at radius 2 is 1.50 bits per heavy atom. The maximum absolute atomic E-state index is 11.8. The molecule has 0 bridgehead atoms. The van der Waals surface area contributed by atoms with E-state index in [4.69, 9.17) is 14.2 Å². The molecule has 0 heterocycles. The van der Waals surface area contributed by atoms with Crippen molar-refractivity contribution in [1.82, 2.24) is 0 Å². The summed E-state index contributed by atoms with van der Waals surface area (Å²) >= 11 is 0. The molecule has 0 unspecified atom stereocenters. The van der Waals surface area contributed by atoms with Crippen LogP contribution in [0.5, 0.6) is 5.75 Å². The largest absolute Gasteiger partial charge is 0.497 e. The number of ether oxygens (including phenoxy) is 3. The number of rotatable bonds is 7. The van der Waals surface area contributed by atoms with Gasteiger partial charge in [-0.15, -0.1) is 0 Å². The van der Waals surface area contributed by atoms with Crippen molar-refractivity contribution in [3.05, 3.63) is 29.8 Å². The topological polar surface area (TPSA) is 61.8 Å². The van der Waals surface area contributed by atoms with Crippen LogP contribution >= 0.6 is 0 Å². The number of carbonyl (C=O) groups is 2. The van der Waals surface area contributed by atoms with Crippen molar-refractivity contribution < 1.29 is 23.8 Å². The summed E-state index contributed by atoms with van der Waals surface area (Å²) in [6, 6.07) is 7.18. The summed E-state index contributed by atoms with van der Waals surface area (Å²) in [6.45, 7) is 3.87. The van der Waals surface area contributed by atoms with E-state index in [1.165, 1.54) is 0 Å². The lowest BCUT2D eigenvalue weighted by atomic mass is 9.99. The first-order valence-corrected chi connectivity index (χ1v) is 6.58. The first-order valence-electron chi connectivity index (χ1n) is 6.58. The molecule has 0 aliphatic carbocycles. The molecular weight excluding hydrogens is 260 g/mol. The zero-order valence-electron chi connectivity index (χ0n) is 12.0. The summed E-state index contributed by atoms with van der Waals surface area (Å²) in [7, 11) is 1.58. The van der Waals surface area contributed by atoms with Crippen LogP contribution in [0, 0.1) is 5.92 Å². The highest BCUT2D eigenvalue weighted by atomic mass is 16.6. The Balaban J connectivity index is 2.81. The monoisotopic (exact) mass is 280 g/mol. The van der Waals surface area contributed by atoms with Crippen molar-refractivity contribution in [2.75, 3.05) is 20.3 Å². The third-order valence-electron chi connectivity index (χ3n) is 2.74. The lowest BCUT2D eigenvalue weighted by Crippen LogP contribution is -2.30. The molecular formula is C15H20O5. The predicted molar refractivity (Wildman–Crippen MR) is 73.5 cm³/mol. The van der Waals surface area contributed by atoms with E-state index in [0.29, 0.717) is 0 Å². The van der Waals surface area contributed by atoms with Gasteiger partial charge in [0.1, 0.15) is 5.75 Å². The van der Waals surface area contributed by atoms with Crippen LogP contribution in [0.4, 0.5) is 0 Å². The SMILES string of the molecule is CCOC(=O)C(Cc1ccc(OC)cc1)C(=O)OCC. The van der Waals surface area contributed by atoms with Crippen LogP contribution in [0.2, 0.25) is 0 Å². The highest BCUT2D eigenvalue weighted by Gasteiger charge is 2.29. The molecule has 0 spiro atoms. The van der Waals surface area contributed by atoms with Gasteiger partial charge in [0.15, 0.2) is 5.92 Å². The van der Waals surface area contributed by atoms with E-state index in [2.05, 4.69) is 0 Å². The Bertz CT molecular complexity index is 420. The third kappa shape index (κ3) is 4.57. The maximum Gasteiger partial charge on any atom is 0.320 e. The van der Waals surface area contributed by atoms with Crippen molar-refractivity contribution >= 4 is 11.9 Å². The van der Waals surface area contributed by atoms with Crippen LogP contribution in [-0.2, 0) is 25.5 Å². The molecule has 5 nitrogen and oxygen atoms in total. The summed E-state index contributed by atoms with van der Waals surface area (Å²) < 4.78 is 14.9. The molecule has 1 rings (SSSR count). The fraction of sp³-hybridized carbons (Fsp3) is 0.467. The second kappa shape index (κ2) is 8.19. The highest BCUT2D eigenvalue weighted by molar-refractivity contribution is 5.95. The quantitative estimate of drug-likeness (QED) is 0.564. The number of carbonyl (C=O) groups excluding carboxylic acids is 2. The van der Waals surface area contributed by atoms with Gasteiger partial charge in [0.05, 0.1) is 20.3 Å². The predicted octanol–water partition coefficient (Wildman–Crippen LogP) is 1.98. The fourth-order valence-electron chi connectivity index (χ4n) is 1.75. The van der Waals surface area contributed by atoms with Crippen LogP contribution in [0.15, 0.2) is 24.3 Å². The van der Waals surface area contributed by atoms with Crippen molar-refractivity contribution in [3.63, 3.8) is 0 Å². The van der Waals surface area contributed by atoms with Gasteiger partial charge in [0.25, 0.3) is 0 Å². The molecule has 0 N–H and O–H groups in total. The molecule has 0 radical (unpaired) electrons. The number of benzene rings is 1. The fourth-order valence-corrected chi connectivity index (χ4v) is 1.75. The molecule has 0 aliphatic heterocycles. The van der Waals surface area contributed by atoms with Gasteiger partial charge < -0.3 is 14.2 Å². The number of hydrogen-bond donors (Lipinski definition) is 0. The minimum absolute atomic E-state index is 0.233. The van der Waals surface area contributed by atoms with Crippen LogP contribution in [0.3, 0.4) is 0 Å². The molecule has 0 amide bonds. The molecule has 0 saturated heterocycles. The second-order valence-corrected chi connectivity index (χ2v) is 4.11. The third-order valence-corrected chi connectivity index (χ3v) is 2.74. The number of methoxy groups -OCH3 is 1. The zero-order valence-corrected chi connectivity index (χ0v) is 12.0.